The first kappa shape index (κ1) is 16.1. The van der Waals surface area contributed by atoms with Crippen LogP contribution in [-0.2, 0) is 4.79 Å². The molecule has 23 heavy (non-hydrogen) atoms. The molecule has 0 heterocycles. The number of nitrogens with zero attached hydrogens (tertiary/aromatic N) is 2. The summed E-state index contributed by atoms with van der Waals surface area (Å²) in [4.78, 5) is 21.9. The zero-order chi connectivity index (χ0) is 16.8. The molecule has 2 rings (SSSR count). The minimum Gasteiger partial charge on any atom is -0.872 e. The van der Waals surface area contributed by atoms with E-state index in [1.165, 1.54) is 0 Å². The van der Waals surface area contributed by atoms with Crippen LogP contribution in [0.1, 0.15) is 17.2 Å². The smallest absolute Gasteiger partial charge is 0.278 e. The van der Waals surface area contributed by atoms with Crippen molar-refractivity contribution >= 4 is 17.8 Å². The zero-order valence-corrected chi connectivity index (χ0v) is 11.7. The highest BCUT2D eigenvalue weighted by molar-refractivity contribution is 5.88. The predicted molar refractivity (Wildman–Crippen MR) is 79.7 cm³/mol. The number of carbonyl (C=O) groups is 1. The van der Waals surface area contributed by atoms with Crippen LogP contribution in [0, 0.1) is 10.1 Å². The summed E-state index contributed by atoms with van der Waals surface area (Å²) < 4.78 is 0. The van der Waals surface area contributed by atoms with E-state index in [9.17, 15) is 25.1 Å². The third-order valence-electron chi connectivity index (χ3n) is 2.94. The molecule has 2 aromatic carbocycles. The van der Waals surface area contributed by atoms with Crippen molar-refractivity contribution in [1.82, 2.24) is 5.43 Å². The predicted octanol–water partition coefficient (Wildman–Crippen LogP) is 0.852. The molecule has 1 atom stereocenters. The normalized spacial score (nSPS) is 12.0. The van der Waals surface area contributed by atoms with Crippen molar-refractivity contribution in [1.29, 1.82) is 0 Å². The van der Waals surface area contributed by atoms with Crippen molar-refractivity contribution in [3.8, 4) is 5.75 Å². The van der Waals surface area contributed by atoms with E-state index in [2.05, 4.69) is 10.5 Å². The van der Waals surface area contributed by atoms with Gasteiger partial charge in [-0.05, 0) is 5.56 Å². The van der Waals surface area contributed by atoms with E-state index in [4.69, 9.17) is 0 Å². The highest BCUT2D eigenvalue weighted by Gasteiger charge is 2.16. The number of benzene rings is 2. The first-order chi connectivity index (χ1) is 11.0. The molecule has 8 nitrogen and oxygen atoms in total. The van der Waals surface area contributed by atoms with Gasteiger partial charge in [0.1, 0.15) is 0 Å². The van der Waals surface area contributed by atoms with Gasteiger partial charge in [-0.15, -0.1) is 5.75 Å². The molecule has 0 saturated heterocycles. The van der Waals surface area contributed by atoms with Crippen molar-refractivity contribution in [2.24, 2.45) is 5.10 Å². The van der Waals surface area contributed by atoms with E-state index in [-0.39, 0.29) is 11.3 Å². The number of aliphatic hydroxyl groups is 1. The van der Waals surface area contributed by atoms with Crippen molar-refractivity contribution in [2.75, 3.05) is 0 Å². The van der Waals surface area contributed by atoms with Gasteiger partial charge in [0.2, 0.25) is 0 Å². The Balaban J connectivity index is 2.09. The molecule has 0 radical (unpaired) electrons. The Bertz CT molecular complexity index is 746. The highest BCUT2D eigenvalue weighted by atomic mass is 16.6. The van der Waals surface area contributed by atoms with Crippen LogP contribution in [0.4, 0.5) is 5.69 Å². The van der Waals surface area contributed by atoms with Gasteiger partial charge in [0.05, 0.1) is 16.7 Å². The second kappa shape index (κ2) is 7.14. The van der Waals surface area contributed by atoms with Gasteiger partial charge in [0.25, 0.3) is 11.6 Å². The maximum Gasteiger partial charge on any atom is 0.278 e. The molecule has 8 heteroatoms. The van der Waals surface area contributed by atoms with E-state index in [0.29, 0.717) is 5.56 Å². The summed E-state index contributed by atoms with van der Waals surface area (Å²) >= 11 is 0. The minimum atomic E-state index is -1.42. The SMILES string of the molecule is O=C(N/N=C\c1cc([O-])ccc1[N+](=O)[O-])[C@@H](O)c1ccccc1. The number of aliphatic hydroxyl groups excluding tert-OH is 1. The molecule has 0 aliphatic heterocycles. The van der Waals surface area contributed by atoms with Gasteiger partial charge in [0.15, 0.2) is 6.10 Å². The number of nitrogens with one attached hydrogen (secondary N) is 1. The maximum atomic E-state index is 11.7. The Morgan fingerprint density at radius 3 is 2.61 bits per heavy atom. The van der Waals surface area contributed by atoms with Crippen LogP contribution in [0.2, 0.25) is 0 Å². The first-order valence-electron chi connectivity index (χ1n) is 6.50. The van der Waals surface area contributed by atoms with Gasteiger partial charge >= 0.3 is 0 Å². The van der Waals surface area contributed by atoms with Crippen molar-refractivity contribution in [2.45, 2.75) is 6.10 Å². The lowest BCUT2D eigenvalue weighted by molar-refractivity contribution is -0.385. The molecule has 0 aromatic heterocycles. The summed E-state index contributed by atoms with van der Waals surface area (Å²) in [5.41, 5.74) is 2.09. The van der Waals surface area contributed by atoms with Gasteiger partial charge in [-0.1, -0.05) is 42.5 Å². The zero-order valence-electron chi connectivity index (χ0n) is 11.7. The molecule has 2 aromatic rings. The van der Waals surface area contributed by atoms with Gasteiger partial charge in [-0.3, -0.25) is 14.9 Å². The van der Waals surface area contributed by atoms with E-state index >= 15 is 0 Å². The molecule has 0 unspecified atom stereocenters. The minimum absolute atomic E-state index is 0.0444. The Hall–Kier alpha value is -3.26. The maximum absolute atomic E-state index is 11.7. The quantitative estimate of drug-likeness (QED) is 0.480. The van der Waals surface area contributed by atoms with Gasteiger partial charge in [0, 0.05) is 6.07 Å². The van der Waals surface area contributed by atoms with Crippen LogP contribution in [0.25, 0.3) is 0 Å². The standard InChI is InChI=1S/C15H13N3O5/c19-12-6-7-13(18(22)23)11(8-12)9-16-17-15(21)14(20)10-4-2-1-3-5-10/h1-9,14,19-20H,(H,17,21)/p-1/b16-9-/t14-/m0/s1. The fourth-order valence-electron chi connectivity index (χ4n) is 1.82. The van der Waals surface area contributed by atoms with E-state index in [1.807, 2.05) is 0 Å². The van der Waals surface area contributed by atoms with Crippen LogP contribution in [0.5, 0.6) is 5.75 Å². The van der Waals surface area contributed by atoms with Crippen molar-refractivity contribution in [3.05, 3.63) is 69.8 Å². The molecule has 118 valence electrons. The van der Waals surface area contributed by atoms with Crippen molar-refractivity contribution in [3.63, 3.8) is 0 Å². The Morgan fingerprint density at radius 2 is 1.96 bits per heavy atom. The summed E-state index contributed by atoms with van der Waals surface area (Å²) in [5.74, 6) is -1.22. The van der Waals surface area contributed by atoms with E-state index < -0.39 is 22.7 Å². The fourth-order valence-corrected chi connectivity index (χ4v) is 1.82. The van der Waals surface area contributed by atoms with Crippen molar-refractivity contribution < 1.29 is 19.9 Å². The third kappa shape index (κ3) is 4.11. The van der Waals surface area contributed by atoms with E-state index in [1.54, 1.807) is 30.3 Å². The summed E-state index contributed by atoms with van der Waals surface area (Å²) in [7, 11) is 0. The Morgan fingerprint density at radius 1 is 1.26 bits per heavy atom. The Kier molecular flexibility index (Phi) is 5.00. The average molecular weight is 314 g/mol. The molecule has 1 amide bonds. The van der Waals surface area contributed by atoms with Crippen LogP contribution in [0.3, 0.4) is 0 Å². The molecular weight excluding hydrogens is 302 g/mol. The van der Waals surface area contributed by atoms with Crippen LogP contribution >= 0.6 is 0 Å². The number of hydrazone groups is 1. The first-order valence-corrected chi connectivity index (χ1v) is 6.50. The molecule has 0 aliphatic rings. The lowest BCUT2D eigenvalue weighted by Crippen LogP contribution is -2.25. The summed E-state index contributed by atoms with van der Waals surface area (Å²) in [5, 5.41) is 35.5. The average Bonchev–Trinajstić information content (AvgIpc) is 2.54. The number of amides is 1. The molecular formula is C15H12N3O5-. The lowest BCUT2D eigenvalue weighted by Gasteiger charge is -2.09. The second-order valence-corrected chi connectivity index (χ2v) is 4.53. The number of nitro groups is 1. The molecule has 0 fully saturated rings. The lowest BCUT2D eigenvalue weighted by atomic mass is 10.1. The fraction of sp³-hybridized carbons (Fsp3) is 0.0667. The molecule has 2 N–H and O–H groups in total. The number of carbonyl (C=O) groups excluding carboxylic acids is 1. The monoisotopic (exact) mass is 314 g/mol. The summed E-state index contributed by atoms with van der Waals surface area (Å²) in [6.07, 6.45) is -0.441. The molecule has 0 saturated carbocycles. The number of hydrogen-bond donors (Lipinski definition) is 2. The molecule has 0 aliphatic carbocycles. The Labute approximate surface area is 130 Å². The van der Waals surface area contributed by atoms with Gasteiger partial charge in [-0.2, -0.15) is 5.10 Å². The number of nitro benzene ring substituents is 1. The van der Waals surface area contributed by atoms with Gasteiger partial charge in [-0.25, -0.2) is 5.43 Å². The van der Waals surface area contributed by atoms with Gasteiger partial charge < -0.3 is 10.2 Å². The molecule has 0 spiro atoms. The largest absolute Gasteiger partial charge is 0.872 e. The van der Waals surface area contributed by atoms with E-state index in [0.717, 1.165) is 24.4 Å². The summed E-state index contributed by atoms with van der Waals surface area (Å²) in [6.45, 7) is 0. The topological polar surface area (TPSA) is 128 Å². The van der Waals surface area contributed by atoms with Crippen LogP contribution in [0.15, 0.2) is 53.6 Å². The third-order valence-corrected chi connectivity index (χ3v) is 2.94. The number of hydrogen-bond acceptors (Lipinski definition) is 6. The van der Waals surface area contributed by atoms with Crippen LogP contribution < -0.4 is 10.5 Å². The highest BCUT2D eigenvalue weighted by Crippen LogP contribution is 2.20. The number of rotatable bonds is 5. The molecule has 0 bridgehead atoms. The summed E-state index contributed by atoms with van der Waals surface area (Å²) in [6, 6.07) is 11.4. The second-order valence-electron chi connectivity index (χ2n) is 4.53. The van der Waals surface area contributed by atoms with Crippen LogP contribution in [-0.4, -0.2) is 22.2 Å².